The fraction of sp³-hybridized carbons (Fsp3) is 0.833. The van der Waals surface area contributed by atoms with Gasteiger partial charge in [-0.05, 0) is 40.2 Å². The van der Waals surface area contributed by atoms with Gasteiger partial charge in [-0.3, -0.25) is 0 Å². The van der Waals surface area contributed by atoms with Crippen molar-refractivity contribution >= 4 is 0 Å². The molecule has 0 fully saturated rings. The van der Waals surface area contributed by atoms with E-state index in [9.17, 15) is 0 Å². The highest BCUT2D eigenvalue weighted by atomic mass is 16.5. The molecule has 0 heterocycles. The van der Waals surface area contributed by atoms with Gasteiger partial charge in [-0.2, -0.15) is 0 Å². The first-order valence-electron chi connectivity index (χ1n) is 5.48. The Morgan fingerprint density at radius 1 is 1.43 bits per heavy atom. The molecule has 0 aliphatic heterocycles. The van der Waals surface area contributed by atoms with Crippen molar-refractivity contribution in [2.24, 2.45) is 0 Å². The Morgan fingerprint density at radius 3 is 2.50 bits per heavy atom. The molecule has 0 aliphatic rings. The van der Waals surface area contributed by atoms with Crippen molar-refractivity contribution in [3.05, 3.63) is 12.7 Å². The lowest BCUT2D eigenvalue weighted by Crippen LogP contribution is -2.36. The third-order valence-corrected chi connectivity index (χ3v) is 1.85. The summed E-state index contributed by atoms with van der Waals surface area (Å²) in [6, 6.07) is 0.409. The van der Waals surface area contributed by atoms with Gasteiger partial charge < -0.3 is 10.1 Å². The third kappa shape index (κ3) is 8.27. The van der Waals surface area contributed by atoms with E-state index in [1.807, 2.05) is 6.08 Å². The molecule has 0 spiro atoms. The van der Waals surface area contributed by atoms with E-state index in [-0.39, 0.29) is 5.60 Å². The molecule has 1 atom stereocenters. The molecule has 0 rings (SSSR count). The first kappa shape index (κ1) is 13.7. The van der Waals surface area contributed by atoms with Gasteiger partial charge in [0.15, 0.2) is 0 Å². The number of hydrogen-bond donors (Lipinski definition) is 1. The molecule has 0 radical (unpaired) electrons. The van der Waals surface area contributed by atoms with E-state index in [2.05, 4.69) is 39.6 Å². The molecule has 0 aromatic rings. The Balaban J connectivity index is 3.77. The van der Waals surface area contributed by atoms with Crippen LogP contribution in [0.4, 0.5) is 0 Å². The standard InChI is InChI=1S/C12H25NO/c1-6-8-11(13-9-7-2)10-14-12(3,4)5/h6,11,13H,1,7-10H2,2-5H3. The molecule has 0 aromatic carbocycles. The lowest BCUT2D eigenvalue weighted by atomic mass is 10.1. The van der Waals surface area contributed by atoms with E-state index >= 15 is 0 Å². The molecule has 0 aromatic heterocycles. The van der Waals surface area contributed by atoms with Crippen LogP contribution in [0.2, 0.25) is 0 Å². The van der Waals surface area contributed by atoms with E-state index in [4.69, 9.17) is 4.74 Å². The molecule has 84 valence electrons. The largest absolute Gasteiger partial charge is 0.374 e. The number of nitrogens with one attached hydrogen (secondary N) is 1. The van der Waals surface area contributed by atoms with Gasteiger partial charge in [0.05, 0.1) is 12.2 Å². The van der Waals surface area contributed by atoms with Crippen LogP contribution in [0.25, 0.3) is 0 Å². The first-order valence-corrected chi connectivity index (χ1v) is 5.48. The van der Waals surface area contributed by atoms with Crippen molar-refractivity contribution in [2.45, 2.75) is 52.2 Å². The Labute approximate surface area is 88.7 Å². The summed E-state index contributed by atoms with van der Waals surface area (Å²) in [5.74, 6) is 0. The fourth-order valence-electron chi connectivity index (χ4n) is 1.11. The van der Waals surface area contributed by atoms with E-state index < -0.39 is 0 Å². The Kier molecular flexibility index (Phi) is 6.85. The average Bonchev–Trinajstić information content (AvgIpc) is 2.08. The molecular formula is C12H25NO. The number of hydrogen-bond acceptors (Lipinski definition) is 2. The van der Waals surface area contributed by atoms with Gasteiger partial charge in [-0.15, -0.1) is 6.58 Å². The molecule has 0 bridgehead atoms. The zero-order chi connectivity index (χ0) is 11.0. The summed E-state index contributed by atoms with van der Waals surface area (Å²) in [7, 11) is 0. The quantitative estimate of drug-likeness (QED) is 0.637. The molecule has 2 nitrogen and oxygen atoms in total. The molecule has 1 unspecified atom stereocenters. The highest BCUT2D eigenvalue weighted by Gasteiger charge is 2.13. The average molecular weight is 199 g/mol. The van der Waals surface area contributed by atoms with Gasteiger partial charge in [-0.1, -0.05) is 13.0 Å². The summed E-state index contributed by atoms with van der Waals surface area (Å²) in [6.45, 7) is 14.0. The second kappa shape index (κ2) is 7.02. The van der Waals surface area contributed by atoms with E-state index in [0.717, 1.165) is 26.0 Å². The maximum atomic E-state index is 5.73. The number of rotatable bonds is 7. The van der Waals surface area contributed by atoms with E-state index in [1.54, 1.807) is 0 Å². The Morgan fingerprint density at radius 2 is 2.07 bits per heavy atom. The minimum absolute atomic E-state index is 0.0483. The second-order valence-corrected chi connectivity index (χ2v) is 4.60. The summed E-state index contributed by atoms with van der Waals surface area (Å²) < 4.78 is 5.73. The van der Waals surface area contributed by atoms with Crippen LogP contribution in [-0.2, 0) is 4.74 Å². The monoisotopic (exact) mass is 199 g/mol. The van der Waals surface area contributed by atoms with Gasteiger partial charge in [0.2, 0.25) is 0 Å². The van der Waals surface area contributed by atoms with Crippen LogP contribution in [0, 0.1) is 0 Å². The van der Waals surface area contributed by atoms with Gasteiger partial charge in [0.25, 0.3) is 0 Å². The van der Waals surface area contributed by atoms with Crippen LogP contribution in [0.3, 0.4) is 0 Å². The van der Waals surface area contributed by atoms with Gasteiger partial charge in [0, 0.05) is 6.04 Å². The van der Waals surface area contributed by atoms with Crippen LogP contribution in [-0.4, -0.2) is 24.8 Å². The molecule has 14 heavy (non-hydrogen) atoms. The van der Waals surface area contributed by atoms with Crippen molar-refractivity contribution in [1.82, 2.24) is 5.32 Å². The highest BCUT2D eigenvalue weighted by molar-refractivity contribution is 4.78. The maximum Gasteiger partial charge on any atom is 0.0629 e. The van der Waals surface area contributed by atoms with Crippen molar-refractivity contribution in [2.75, 3.05) is 13.2 Å². The molecule has 0 saturated heterocycles. The zero-order valence-electron chi connectivity index (χ0n) is 10.1. The molecule has 1 N–H and O–H groups in total. The Hall–Kier alpha value is -0.340. The lowest BCUT2D eigenvalue weighted by molar-refractivity contribution is -0.0140. The van der Waals surface area contributed by atoms with Crippen molar-refractivity contribution in [3.8, 4) is 0 Å². The van der Waals surface area contributed by atoms with Gasteiger partial charge in [-0.25, -0.2) is 0 Å². The summed E-state index contributed by atoms with van der Waals surface area (Å²) in [5.41, 5.74) is -0.0483. The SMILES string of the molecule is C=CCC(COC(C)(C)C)NCCC. The molecule has 2 heteroatoms. The summed E-state index contributed by atoms with van der Waals surface area (Å²) in [6.07, 6.45) is 4.07. The first-order chi connectivity index (χ1) is 6.49. The Bertz CT molecular complexity index is 149. The molecule has 0 saturated carbocycles. The zero-order valence-corrected chi connectivity index (χ0v) is 10.1. The smallest absolute Gasteiger partial charge is 0.0629 e. The molecular weight excluding hydrogens is 174 g/mol. The van der Waals surface area contributed by atoms with Gasteiger partial charge >= 0.3 is 0 Å². The molecule has 0 amide bonds. The van der Waals surface area contributed by atoms with Crippen molar-refractivity contribution < 1.29 is 4.74 Å². The van der Waals surface area contributed by atoms with Crippen molar-refractivity contribution in [3.63, 3.8) is 0 Å². The van der Waals surface area contributed by atoms with Crippen LogP contribution in [0.5, 0.6) is 0 Å². The summed E-state index contributed by atoms with van der Waals surface area (Å²) in [5, 5.41) is 3.45. The van der Waals surface area contributed by atoms with Crippen LogP contribution >= 0.6 is 0 Å². The lowest BCUT2D eigenvalue weighted by Gasteiger charge is -2.24. The van der Waals surface area contributed by atoms with Crippen LogP contribution in [0.15, 0.2) is 12.7 Å². The topological polar surface area (TPSA) is 21.3 Å². The van der Waals surface area contributed by atoms with Gasteiger partial charge in [0.1, 0.15) is 0 Å². The highest BCUT2D eigenvalue weighted by Crippen LogP contribution is 2.08. The van der Waals surface area contributed by atoms with Crippen molar-refractivity contribution in [1.29, 1.82) is 0 Å². The predicted molar refractivity (Wildman–Crippen MR) is 62.6 cm³/mol. The minimum Gasteiger partial charge on any atom is -0.374 e. The normalized spacial score (nSPS) is 14.0. The fourth-order valence-corrected chi connectivity index (χ4v) is 1.11. The molecule has 0 aliphatic carbocycles. The summed E-state index contributed by atoms with van der Waals surface area (Å²) >= 11 is 0. The van der Waals surface area contributed by atoms with Crippen LogP contribution < -0.4 is 5.32 Å². The summed E-state index contributed by atoms with van der Waals surface area (Å²) in [4.78, 5) is 0. The minimum atomic E-state index is -0.0483. The van der Waals surface area contributed by atoms with E-state index in [0.29, 0.717) is 6.04 Å². The third-order valence-electron chi connectivity index (χ3n) is 1.85. The maximum absolute atomic E-state index is 5.73. The van der Waals surface area contributed by atoms with Crippen LogP contribution in [0.1, 0.15) is 40.5 Å². The number of ether oxygens (including phenoxy) is 1. The predicted octanol–water partition coefficient (Wildman–Crippen LogP) is 2.75. The second-order valence-electron chi connectivity index (χ2n) is 4.60. The van der Waals surface area contributed by atoms with E-state index in [1.165, 1.54) is 0 Å².